The van der Waals surface area contributed by atoms with Gasteiger partial charge in [-0.3, -0.25) is 4.79 Å². The molecule has 1 saturated heterocycles. The first kappa shape index (κ1) is 15.4. The van der Waals surface area contributed by atoms with Crippen LogP contribution in [0.1, 0.15) is 12.5 Å². The van der Waals surface area contributed by atoms with E-state index in [1.54, 1.807) is 18.2 Å². The average Bonchev–Trinajstić information content (AvgIpc) is 2.94. The topological polar surface area (TPSA) is 78.7 Å². The van der Waals surface area contributed by atoms with Crippen molar-refractivity contribution in [2.45, 2.75) is 24.7 Å². The quantitative estimate of drug-likeness (QED) is 0.765. The maximum Gasteiger partial charge on any atom is 0.410 e. The zero-order chi connectivity index (χ0) is 17.2. The van der Waals surface area contributed by atoms with Gasteiger partial charge in [-0.1, -0.05) is 6.07 Å². The van der Waals surface area contributed by atoms with Crippen LogP contribution in [0.2, 0.25) is 0 Å². The molecule has 0 spiro atoms. The predicted molar refractivity (Wildman–Crippen MR) is 76.7 cm³/mol. The second-order valence-electron chi connectivity index (χ2n) is 5.87. The predicted octanol–water partition coefficient (Wildman–Crippen LogP) is 1.42. The summed E-state index contributed by atoms with van der Waals surface area (Å²) in [6.45, 7) is 0.828. The number of nitrogen functional groups attached to an aromatic ring is 1. The summed E-state index contributed by atoms with van der Waals surface area (Å²) >= 11 is 0. The SMILES string of the molecule is CN1C(=O)[C@@](C)(N2C[C@@H](C(F)(F)F)NC2=O)c2ccc(N)cc21. The first-order valence-electron chi connectivity index (χ1n) is 6.90. The Morgan fingerprint density at radius 2 is 2.00 bits per heavy atom. The molecule has 0 aromatic heterocycles. The summed E-state index contributed by atoms with van der Waals surface area (Å²) in [4.78, 5) is 27.0. The highest BCUT2D eigenvalue weighted by molar-refractivity contribution is 6.09. The van der Waals surface area contributed by atoms with Crippen molar-refractivity contribution in [2.75, 3.05) is 24.2 Å². The van der Waals surface area contributed by atoms with Gasteiger partial charge in [0.2, 0.25) is 0 Å². The zero-order valence-corrected chi connectivity index (χ0v) is 12.4. The Bertz CT molecular complexity index is 706. The van der Waals surface area contributed by atoms with E-state index >= 15 is 0 Å². The third-order valence-corrected chi connectivity index (χ3v) is 4.47. The van der Waals surface area contributed by atoms with Crippen molar-refractivity contribution in [1.29, 1.82) is 0 Å². The van der Waals surface area contributed by atoms with Crippen molar-refractivity contribution in [3.63, 3.8) is 0 Å². The first-order valence-corrected chi connectivity index (χ1v) is 6.90. The maximum atomic E-state index is 12.9. The van der Waals surface area contributed by atoms with E-state index in [1.165, 1.54) is 18.9 Å². The van der Waals surface area contributed by atoms with Crippen LogP contribution in [0, 0.1) is 0 Å². The van der Waals surface area contributed by atoms with Crippen LogP contribution in [0.4, 0.5) is 29.3 Å². The highest BCUT2D eigenvalue weighted by Crippen LogP contribution is 2.45. The Balaban J connectivity index is 2.06. The second-order valence-corrected chi connectivity index (χ2v) is 5.87. The molecule has 6 nitrogen and oxygen atoms in total. The standard InChI is InChI=1S/C14H15F3N4O2/c1-13(21-6-10(14(15,16)17)19-12(21)23)8-4-3-7(18)5-9(8)20(2)11(13)22/h3-5,10H,6,18H2,1-2H3,(H,19,23)/t10-,13-/m0/s1. The number of benzene rings is 1. The van der Waals surface area contributed by atoms with Gasteiger partial charge in [0.1, 0.15) is 11.6 Å². The zero-order valence-electron chi connectivity index (χ0n) is 12.4. The van der Waals surface area contributed by atoms with Gasteiger partial charge < -0.3 is 20.9 Å². The fraction of sp³-hybridized carbons (Fsp3) is 0.429. The number of nitrogens with one attached hydrogen (secondary N) is 1. The number of urea groups is 1. The van der Waals surface area contributed by atoms with Gasteiger partial charge in [-0.05, 0) is 19.1 Å². The van der Waals surface area contributed by atoms with Crippen LogP contribution in [0.3, 0.4) is 0 Å². The molecule has 0 bridgehead atoms. The number of nitrogens with two attached hydrogens (primary N) is 1. The number of anilines is 2. The number of hydrogen-bond acceptors (Lipinski definition) is 3. The number of hydrogen-bond donors (Lipinski definition) is 2. The smallest absolute Gasteiger partial charge is 0.399 e. The Morgan fingerprint density at radius 3 is 2.57 bits per heavy atom. The van der Waals surface area contributed by atoms with Crippen LogP contribution in [-0.2, 0) is 10.3 Å². The highest BCUT2D eigenvalue weighted by Gasteiger charge is 2.57. The molecule has 3 N–H and O–H groups in total. The number of nitrogens with zero attached hydrogens (tertiary/aromatic N) is 2. The average molecular weight is 328 g/mol. The molecular formula is C14H15F3N4O2. The number of carbonyl (C=O) groups is 2. The molecular weight excluding hydrogens is 313 g/mol. The van der Waals surface area contributed by atoms with E-state index in [-0.39, 0.29) is 0 Å². The van der Waals surface area contributed by atoms with Crippen molar-refractivity contribution < 1.29 is 22.8 Å². The number of rotatable bonds is 1. The van der Waals surface area contributed by atoms with Crippen LogP contribution in [0.15, 0.2) is 18.2 Å². The van der Waals surface area contributed by atoms with Gasteiger partial charge in [0, 0.05) is 18.3 Å². The molecule has 2 heterocycles. The molecule has 0 aliphatic carbocycles. The Morgan fingerprint density at radius 1 is 1.35 bits per heavy atom. The van der Waals surface area contributed by atoms with Gasteiger partial charge in [0.05, 0.1) is 12.2 Å². The number of carbonyl (C=O) groups excluding carboxylic acids is 2. The molecule has 1 fully saturated rings. The summed E-state index contributed by atoms with van der Waals surface area (Å²) in [6, 6.07) is 1.77. The molecule has 3 rings (SSSR count). The van der Waals surface area contributed by atoms with Gasteiger partial charge in [-0.25, -0.2) is 4.79 Å². The molecule has 0 radical (unpaired) electrons. The third-order valence-electron chi connectivity index (χ3n) is 4.47. The lowest BCUT2D eigenvalue weighted by molar-refractivity contribution is -0.152. The van der Waals surface area contributed by atoms with E-state index in [1.807, 2.05) is 5.32 Å². The van der Waals surface area contributed by atoms with Crippen LogP contribution in [-0.4, -0.2) is 42.6 Å². The van der Waals surface area contributed by atoms with Crippen LogP contribution < -0.4 is 16.0 Å². The van der Waals surface area contributed by atoms with Crippen LogP contribution >= 0.6 is 0 Å². The largest absolute Gasteiger partial charge is 0.410 e. The summed E-state index contributed by atoms with van der Waals surface area (Å²) in [6.07, 6.45) is -4.57. The second kappa shape index (κ2) is 4.53. The molecule has 1 aromatic carbocycles. The molecule has 3 amide bonds. The number of alkyl halides is 3. The Hall–Kier alpha value is -2.45. The summed E-state index contributed by atoms with van der Waals surface area (Å²) in [7, 11) is 1.50. The minimum atomic E-state index is -4.57. The minimum absolute atomic E-state index is 0.423. The third kappa shape index (κ3) is 2.02. The maximum absolute atomic E-state index is 12.9. The van der Waals surface area contributed by atoms with E-state index in [0.29, 0.717) is 16.9 Å². The fourth-order valence-corrected chi connectivity index (χ4v) is 3.16. The Kier molecular flexibility index (Phi) is 3.04. The van der Waals surface area contributed by atoms with Crippen molar-refractivity contribution in [2.24, 2.45) is 0 Å². The lowest BCUT2D eigenvalue weighted by Crippen LogP contribution is -2.52. The van der Waals surface area contributed by atoms with Gasteiger partial charge in [0.15, 0.2) is 0 Å². The summed E-state index contributed by atoms with van der Waals surface area (Å²) in [5.41, 5.74) is 5.57. The van der Waals surface area contributed by atoms with E-state index in [4.69, 9.17) is 5.73 Å². The molecule has 0 unspecified atom stereocenters. The van der Waals surface area contributed by atoms with Crippen LogP contribution in [0.25, 0.3) is 0 Å². The number of amides is 3. The van der Waals surface area contributed by atoms with Crippen molar-refractivity contribution in [3.05, 3.63) is 23.8 Å². The molecule has 2 aliphatic rings. The lowest BCUT2D eigenvalue weighted by Gasteiger charge is -2.33. The van der Waals surface area contributed by atoms with Crippen LogP contribution in [0.5, 0.6) is 0 Å². The van der Waals surface area contributed by atoms with Gasteiger partial charge in [-0.2, -0.15) is 13.2 Å². The highest BCUT2D eigenvalue weighted by atomic mass is 19.4. The van der Waals surface area contributed by atoms with Gasteiger partial charge in [-0.15, -0.1) is 0 Å². The number of likely N-dealkylation sites (N-methyl/N-ethyl adjacent to an activating group) is 1. The van der Waals surface area contributed by atoms with E-state index in [0.717, 1.165) is 4.90 Å². The first-order chi connectivity index (χ1) is 10.6. The summed E-state index contributed by atoms with van der Waals surface area (Å²) < 4.78 is 38.7. The molecule has 0 saturated carbocycles. The summed E-state index contributed by atoms with van der Waals surface area (Å²) in [5.74, 6) is -0.476. The Labute approximate surface area is 130 Å². The molecule has 2 aliphatic heterocycles. The molecule has 2 atom stereocenters. The van der Waals surface area contributed by atoms with E-state index in [2.05, 4.69) is 0 Å². The van der Waals surface area contributed by atoms with E-state index in [9.17, 15) is 22.8 Å². The summed E-state index contributed by atoms with van der Waals surface area (Å²) in [5, 5.41) is 1.89. The lowest BCUT2D eigenvalue weighted by atomic mass is 9.91. The molecule has 124 valence electrons. The van der Waals surface area contributed by atoms with Crippen molar-refractivity contribution in [3.8, 4) is 0 Å². The van der Waals surface area contributed by atoms with Gasteiger partial charge in [0.25, 0.3) is 5.91 Å². The number of halogens is 3. The number of fused-ring (bicyclic) bond motifs is 1. The van der Waals surface area contributed by atoms with Crippen molar-refractivity contribution >= 4 is 23.3 Å². The molecule has 9 heteroatoms. The normalized spacial score (nSPS) is 27.4. The monoisotopic (exact) mass is 328 g/mol. The van der Waals surface area contributed by atoms with Gasteiger partial charge >= 0.3 is 12.2 Å². The minimum Gasteiger partial charge on any atom is -0.399 e. The molecule has 23 heavy (non-hydrogen) atoms. The van der Waals surface area contributed by atoms with Crippen molar-refractivity contribution in [1.82, 2.24) is 10.2 Å². The molecule has 1 aromatic rings. The van der Waals surface area contributed by atoms with E-state index < -0.39 is 36.2 Å². The fourth-order valence-electron chi connectivity index (χ4n) is 3.16.